The van der Waals surface area contributed by atoms with Gasteiger partial charge in [-0.2, -0.15) is 0 Å². The number of carbonyl (C=O) groups is 1. The Morgan fingerprint density at radius 3 is 2.68 bits per heavy atom. The Hall–Kier alpha value is -2.24. The average Bonchev–Trinajstić information content (AvgIpc) is 2.39. The van der Waals surface area contributed by atoms with E-state index in [9.17, 15) is 13.6 Å². The number of pyridine rings is 1. The molecule has 100 valence electrons. The molecule has 0 saturated carbocycles. The van der Waals surface area contributed by atoms with E-state index in [0.717, 1.165) is 12.1 Å². The van der Waals surface area contributed by atoms with E-state index >= 15 is 0 Å². The van der Waals surface area contributed by atoms with Gasteiger partial charge in [0.15, 0.2) is 6.61 Å². The number of esters is 1. The van der Waals surface area contributed by atoms with Crippen molar-refractivity contribution in [1.82, 2.24) is 4.98 Å². The Kier molecular flexibility index (Phi) is 3.59. The summed E-state index contributed by atoms with van der Waals surface area (Å²) in [4.78, 5) is 15.0. The number of hydrogen-bond acceptors (Lipinski definition) is 4. The zero-order chi connectivity index (χ0) is 14.0. The number of fused-ring (bicyclic) bond motifs is 1. The molecule has 4 nitrogen and oxygen atoms in total. The first-order valence-corrected chi connectivity index (χ1v) is 5.48. The lowest BCUT2D eigenvalue weighted by Crippen LogP contribution is -2.13. The molecule has 0 bridgehead atoms. The molecule has 1 aromatic heterocycles. The van der Waals surface area contributed by atoms with Crippen molar-refractivity contribution in [3.8, 4) is 5.75 Å². The highest BCUT2D eigenvalue weighted by Crippen LogP contribution is 2.29. The van der Waals surface area contributed by atoms with Gasteiger partial charge >= 0.3 is 5.97 Å². The fourth-order valence-corrected chi connectivity index (χ4v) is 1.66. The Morgan fingerprint density at radius 1 is 1.32 bits per heavy atom. The first-order valence-electron chi connectivity index (χ1n) is 5.48. The summed E-state index contributed by atoms with van der Waals surface area (Å²) < 4.78 is 37.0. The molecule has 6 heteroatoms. The van der Waals surface area contributed by atoms with Gasteiger partial charge < -0.3 is 9.47 Å². The highest BCUT2D eigenvalue weighted by molar-refractivity contribution is 5.86. The number of rotatable bonds is 3. The van der Waals surface area contributed by atoms with Crippen molar-refractivity contribution in [2.24, 2.45) is 0 Å². The Balaban J connectivity index is 2.53. The summed E-state index contributed by atoms with van der Waals surface area (Å²) in [7, 11) is 1.21. The molecule has 2 aromatic rings. The maximum atomic E-state index is 13.8. The normalized spacial score (nSPS) is 10.5. The van der Waals surface area contributed by atoms with Gasteiger partial charge in [-0.15, -0.1) is 0 Å². The molecule has 0 atom stereocenters. The zero-order valence-corrected chi connectivity index (χ0v) is 10.4. The molecule has 0 saturated heterocycles. The third-order valence-corrected chi connectivity index (χ3v) is 2.53. The topological polar surface area (TPSA) is 48.4 Å². The molecule has 0 fully saturated rings. The van der Waals surface area contributed by atoms with E-state index in [0.29, 0.717) is 5.69 Å². The number of halogens is 2. The number of carbonyl (C=O) groups excluding carboxylic acids is 1. The second kappa shape index (κ2) is 5.17. The van der Waals surface area contributed by atoms with Gasteiger partial charge in [-0.05, 0) is 19.1 Å². The number of hydrogen-bond donors (Lipinski definition) is 0. The largest absolute Gasteiger partial charge is 0.481 e. The maximum Gasteiger partial charge on any atom is 0.343 e. The quantitative estimate of drug-likeness (QED) is 0.801. The van der Waals surface area contributed by atoms with Crippen LogP contribution in [0.1, 0.15) is 5.69 Å². The SMILES string of the molecule is COC(=O)COc1cc(C)nc2c(F)ccc(F)c12. The first kappa shape index (κ1) is 13.2. The van der Waals surface area contributed by atoms with Gasteiger partial charge in [0.25, 0.3) is 0 Å². The molecule has 0 N–H and O–H groups in total. The summed E-state index contributed by atoms with van der Waals surface area (Å²) in [5, 5.41) is -0.0884. The van der Waals surface area contributed by atoms with E-state index in [4.69, 9.17) is 4.74 Å². The predicted molar refractivity (Wildman–Crippen MR) is 63.9 cm³/mol. The van der Waals surface area contributed by atoms with Crippen molar-refractivity contribution in [3.63, 3.8) is 0 Å². The molecule has 0 aliphatic heterocycles. The van der Waals surface area contributed by atoms with Crippen LogP contribution in [0.4, 0.5) is 8.78 Å². The maximum absolute atomic E-state index is 13.8. The summed E-state index contributed by atoms with van der Waals surface area (Å²) in [5.74, 6) is -1.86. The van der Waals surface area contributed by atoms with E-state index in [-0.39, 0.29) is 23.3 Å². The van der Waals surface area contributed by atoms with Crippen molar-refractivity contribution in [2.45, 2.75) is 6.92 Å². The summed E-state index contributed by atoms with van der Waals surface area (Å²) in [5.41, 5.74) is 0.330. The predicted octanol–water partition coefficient (Wildman–Crippen LogP) is 2.37. The van der Waals surface area contributed by atoms with Gasteiger partial charge in [0.05, 0.1) is 12.5 Å². The molecular weight excluding hydrogens is 256 g/mol. The van der Waals surface area contributed by atoms with Gasteiger partial charge in [0.1, 0.15) is 22.9 Å². The Morgan fingerprint density at radius 2 is 2.00 bits per heavy atom. The molecule has 2 rings (SSSR count). The molecule has 19 heavy (non-hydrogen) atoms. The molecule has 0 aliphatic carbocycles. The molecular formula is C13H11F2NO3. The van der Waals surface area contributed by atoms with E-state index < -0.39 is 17.6 Å². The fraction of sp³-hybridized carbons (Fsp3) is 0.231. The van der Waals surface area contributed by atoms with Crippen molar-refractivity contribution < 1.29 is 23.0 Å². The minimum atomic E-state index is -0.663. The number of ether oxygens (including phenoxy) is 2. The molecule has 1 aromatic carbocycles. The smallest absolute Gasteiger partial charge is 0.343 e. The highest BCUT2D eigenvalue weighted by Gasteiger charge is 2.15. The second-order valence-electron chi connectivity index (χ2n) is 3.88. The fourth-order valence-electron chi connectivity index (χ4n) is 1.66. The van der Waals surface area contributed by atoms with Gasteiger partial charge in [-0.1, -0.05) is 0 Å². The number of benzene rings is 1. The van der Waals surface area contributed by atoms with Crippen molar-refractivity contribution >= 4 is 16.9 Å². The van der Waals surface area contributed by atoms with Gasteiger partial charge in [0, 0.05) is 11.8 Å². The molecule has 0 unspecified atom stereocenters. The highest BCUT2D eigenvalue weighted by atomic mass is 19.1. The van der Waals surface area contributed by atoms with Crippen LogP contribution < -0.4 is 4.74 Å². The minimum absolute atomic E-state index is 0.0601. The summed E-state index contributed by atoms with van der Waals surface area (Å²) in [6, 6.07) is 3.42. The number of methoxy groups -OCH3 is 1. The number of aromatic nitrogens is 1. The monoisotopic (exact) mass is 267 g/mol. The van der Waals surface area contributed by atoms with Gasteiger partial charge in [-0.25, -0.2) is 18.6 Å². The van der Waals surface area contributed by atoms with E-state index in [1.165, 1.54) is 13.2 Å². The lowest BCUT2D eigenvalue weighted by atomic mass is 10.1. The van der Waals surface area contributed by atoms with Crippen LogP contribution in [0.2, 0.25) is 0 Å². The van der Waals surface area contributed by atoms with E-state index in [2.05, 4.69) is 9.72 Å². The van der Waals surface area contributed by atoms with Crippen molar-refractivity contribution in [1.29, 1.82) is 0 Å². The van der Waals surface area contributed by atoms with Crippen LogP contribution in [0.3, 0.4) is 0 Å². The van der Waals surface area contributed by atoms with Crippen LogP contribution in [0.5, 0.6) is 5.75 Å². The third-order valence-electron chi connectivity index (χ3n) is 2.53. The summed E-state index contributed by atoms with van der Waals surface area (Å²) in [6.45, 7) is 1.24. The van der Waals surface area contributed by atoms with E-state index in [1.807, 2.05) is 0 Å². The van der Waals surface area contributed by atoms with Crippen LogP contribution in [0, 0.1) is 18.6 Å². The Labute approximate surface area is 108 Å². The summed E-state index contributed by atoms with van der Waals surface area (Å²) >= 11 is 0. The molecule has 1 heterocycles. The Bertz CT molecular complexity index is 643. The van der Waals surface area contributed by atoms with E-state index in [1.54, 1.807) is 6.92 Å². The average molecular weight is 267 g/mol. The molecule has 0 radical (unpaired) electrons. The van der Waals surface area contributed by atoms with Crippen LogP contribution in [-0.2, 0) is 9.53 Å². The second-order valence-corrected chi connectivity index (χ2v) is 3.88. The third kappa shape index (κ3) is 2.62. The van der Waals surface area contributed by atoms with Crippen LogP contribution >= 0.6 is 0 Å². The van der Waals surface area contributed by atoms with Crippen molar-refractivity contribution in [3.05, 3.63) is 35.5 Å². The van der Waals surface area contributed by atoms with Gasteiger partial charge in [-0.3, -0.25) is 0 Å². The standard InChI is InChI=1S/C13H11F2NO3/c1-7-5-10(19-6-11(17)18-2)12-8(14)3-4-9(15)13(12)16-7/h3-5H,6H2,1-2H3. The molecule has 0 aliphatic rings. The van der Waals surface area contributed by atoms with Crippen LogP contribution in [0.15, 0.2) is 18.2 Å². The molecule has 0 amide bonds. The lowest BCUT2D eigenvalue weighted by Gasteiger charge is -2.10. The summed E-state index contributed by atoms with van der Waals surface area (Å²) in [6.07, 6.45) is 0. The molecule has 0 spiro atoms. The van der Waals surface area contributed by atoms with Crippen LogP contribution in [0.25, 0.3) is 10.9 Å². The first-order chi connectivity index (χ1) is 9.02. The number of nitrogens with zero attached hydrogens (tertiary/aromatic N) is 1. The number of aryl methyl sites for hydroxylation is 1. The van der Waals surface area contributed by atoms with Crippen LogP contribution in [-0.4, -0.2) is 24.7 Å². The van der Waals surface area contributed by atoms with Gasteiger partial charge in [0.2, 0.25) is 0 Å². The zero-order valence-electron chi connectivity index (χ0n) is 10.4. The minimum Gasteiger partial charge on any atom is -0.481 e. The van der Waals surface area contributed by atoms with Crippen molar-refractivity contribution in [2.75, 3.05) is 13.7 Å². The lowest BCUT2D eigenvalue weighted by molar-refractivity contribution is -0.142.